The molecular weight excluding hydrogens is 326 g/mol. The van der Waals surface area contributed by atoms with Crippen LogP contribution in [0.4, 0.5) is 0 Å². The first-order valence-corrected chi connectivity index (χ1v) is 9.82. The summed E-state index contributed by atoms with van der Waals surface area (Å²) in [7, 11) is -1.75. The first-order chi connectivity index (χ1) is 11.2. The summed E-state index contributed by atoms with van der Waals surface area (Å²) in [6.07, 6.45) is 2.51. The Balaban J connectivity index is 1.97. The summed E-state index contributed by atoms with van der Waals surface area (Å²) >= 11 is 0. The van der Waals surface area contributed by atoms with Crippen LogP contribution in [-0.4, -0.2) is 44.9 Å². The van der Waals surface area contributed by atoms with E-state index in [0.29, 0.717) is 18.0 Å². The predicted octanol–water partition coefficient (Wildman–Crippen LogP) is 1.57. The second-order valence-corrected chi connectivity index (χ2v) is 8.56. The molecule has 0 aromatic heterocycles. The maximum Gasteiger partial charge on any atom is 0.253 e. The molecule has 1 aliphatic rings. The molecular formula is C17H27N3O3S. The molecule has 1 amide bonds. The molecule has 7 heteroatoms. The summed E-state index contributed by atoms with van der Waals surface area (Å²) in [6, 6.07) is 6.19. The Hall–Kier alpha value is -1.44. The molecule has 134 valence electrons. The van der Waals surface area contributed by atoms with E-state index in [1.165, 1.54) is 12.1 Å². The lowest BCUT2D eigenvalue weighted by Crippen LogP contribution is -2.34. The minimum absolute atomic E-state index is 0.0567. The fourth-order valence-electron chi connectivity index (χ4n) is 2.26. The van der Waals surface area contributed by atoms with Gasteiger partial charge in [-0.05, 0) is 49.4 Å². The third-order valence-electron chi connectivity index (χ3n) is 4.31. The second-order valence-electron chi connectivity index (χ2n) is 6.84. The Morgan fingerprint density at radius 3 is 2.38 bits per heavy atom. The van der Waals surface area contributed by atoms with Crippen LogP contribution in [0.3, 0.4) is 0 Å². The molecule has 2 rings (SSSR count). The van der Waals surface area contributed by atoms with Gasteiger partial charge in [-0.3, -0.25) is 4.79 Å². The molecule has 1 saturated carbocycles. The highest BCUT2D eigenvalue weighted by Crippen LogP contribution is 2.22. The largest absolute Gasteiger partial charge is 0.342 e. The molecule has 24 heavy (non-hydrogen) atoms. The number of hydrogen-bond acceptors (Lipinski definition) is 4. The standard InChI is InChI=1S/C17H27N3O3S/c1-12(2)16(18)10-11-20(3)17(21)13-4-8-15(9-5-13)24(22,23)19-14-6-7-14/h4-5,8-9,12,14,16,19H,6-7,10-11,18H2,1-3H3. The Labute approximate surface area is 144 Å². The number of nitrogens with zero attached hydrogens (tertiary/aromatic N) is 1. The number of hydrogen-bond donors (Lipinski definition) is 2. The normalized spacial score (nSPS) is 16.2. The van der Waals surface area contributed by atoms with E-state index in [4.69, 9.17) is 5.73 Å². The van der Waals surface area contributed by atoms with Gasteiger partial charge in [0.25, 0.3) is 5.91 Å². The van der Waals surface area contributed by atoms with Crippen molar-refractivity contribution < 1.29 is 13.2 Å². The number of rotatable bonds is 8. The SMILES string of the molecule is CC(C)C(N)CCN(C)C(=O)c1ccc(S(=O)(=O)NC2CC2)cc1. The summed E-state index contributed by atoms with van der Waals surface area (Å²) in [5.41, 5.74) is 6.48. The van der Waals surface area contributed by atoms with Gasteiger partial charge in [-0.15, -0.1) is 0 Å². The van der Waals surface area contributed by atoms with E-state index in [0.717, 1.165) is 19.3 Å². The van der Waals surface area contributed by atoms with Crippen LogP contribution in [-0.2, 0) is 10.0 Å². The number of sulfonamides is 1. The average molecular weight is 353 g/mol. The number of nitrogens with two attached hydrogens (primary N) is 1. The van der Waals surface area contributed by atoms with Gasteiger partial charge in [0, 0.05) is 31.2 Å². The molecule has 1 aliphatic carbocycles. The van der Waals surface area contributed by atoms with Crippen molar-refractivity contribution in [1.82, 2.24) is 9.62 Å². The van der Waals surface area contributed by atoms with Crippen molar-refractivity contribution in [2.24, 2.45) is 11.7 Å². The van der Waals surface area contributed by atoms with Gasteiger partial charge in [0.05, 0.1) is 4.90 Å². The molecule has 0 spiro atoms. The lowest BCUT2D eigenvalue weighted by atomic mass is 10.0. The van der Waals surface area contributed by atoms with Gasteiger partial charge < -0.3 is 10.6 Å². The van der Waals surface area contributed by atoms with Crippen molar-refractivity contribution in [3.8, 4) is 0 Å². The maximum atomic E-state index is 12.4. The third kappa shape index (κ3) is 5.03. The van der Waals surface area contributed by atoms with Gasteiger partial charge in [0.2, 0.25) is 10.0 Å². The van der Waals surface area contributed by atoms with Crippen LogP contribution in [0.2, 0.25) is 0 Å². The number of benzene rings is 1. The Morgan fingerprint density at radius 1 is 1.29 bits per heavy atom. The zero-order chi connectivity index (χ0) is 17.9. The smallest absolute Gasteiger partial charge is 0.253 e. The molecule has 0 bridgehead atoms. The highest BCUT2D eigenvalue weighted by Gasteiger charge is 2.28. The first-order valence-electron chi connectivity index (χ1n) is 8.34. The molecule has 0 heterocycles. The fourth-order valence-corrected chi connectivity index (χ4v) is 3.57. The molecule has 0 radical (unpaired) electrons. The number of nitrogens with one attached hydrogen (secondary N) is 1. The molecule has 1 aromatic carbocycles. The van der Waals surface area contributed by atoms with Crippen molar-refractivity contribution in [2.45, 2.75) is 50.1 Å². The van der Waals surface area contributed by atoms with E-state index in [9.17, 15) is 13.2 Å². The number of amides is 1. The number of carbonyl (C=O) groups excluding carboxylic acids is 1. The minimum Gasteiger partial charge on any atom is -0.342 e. The van der Waals surface area contributed by atoms with Crippen molar-refractivity contribution in [1.29, 1.82) is 0 Å². The highest BCUT2D eigenvalue weighted by molar-refractivity contribution is 7.89. The Kier molecular flexibility index (Phi) is 6.01. The summed E-state index contributed by atoms with van der Waals surface area (Å²) in [5, 5.41) is 0. The maximum absolute atomic E-state index is 12.4. The zero-order valence-electron chi connectivity index (χ0n) is 14.5. The van der Waals surface area contributed by atoms with Gasteiger partial charge in [-0.1, -0.05) is 13.8 Å². The fraction of sp³-hybridized carbons (Fsp3) is 0.588. The topological polar surface area (TPSA) is 92.5 Å². The average Bonchev–Trinajstić information content (AvgIpc) is 3.34. The monoisotopic (exact) mass is 353 g/mol. The molecule has 6 nitrogen and oxygen atoms in total. The van der Waals surface area contributed by atoms with Crippen molar-refractivity contribution in [3.05, 3.63) is 29.8 Å². The lowest BCUT2D eigenvalue weighted by Gasteiger charge is -2.21. The van der Waals surface area contributed by atoms with E-state index in [2.05, 4.69) is 18.6 Å². The highest BCUT2D eigenvalue weighted by atomic mass is 32.2. The van der Waals surface area contributed by atoms with Crippen LogP contribution >= 0.6 is 0 Å². The first kappa shape index (κ1) is 18.9. The third-order valence-corrected chi connectivity index (χ3v) is 5.85. The van der Waals surface area contributed by atoms with E-state index in [-0.39, 0.29) is 22.9 Å². The van der Waals surface area contributed by atoms with Crippen LogP contribution in [0.25, 0.3) is 0 Å². The van der Waals surface area contributed by atoms with E-state index < -0.39 is 10.0 Å². The van der Waals surface area contributed by atoms with Gasteiger partial charge in [0.15, 0.2) is 0 Å². The van der Waals surface area contributed by atoms with Gasteiger partial charge >= 0.3 is 0 Å². The molecule has 0 aliphatic heterocycles. The van der Waals surface area contributed by atoms with Crippen LogP contribution < -0.4 is 10.5 Å². The molecule has 1 unspecified atom stereocenters. The van der Waals surface area contributed by atoms with Crippen molar-refractivity contribution >= 4 is 15.9 Å². The summed E-state index contributed by atoms with van der Waals surface area (Å²) in [5.74, 6) is 0.238. The van der Waals surface area contributed by atoms with Crippen LogP contribution in [0.15, 0.2) is 29.2 Å². The van der Waals surface area contributed by atoms with E-state index in [1.54, 1.807) is 24.1 Å². The van der Waals surface area contributed by atoms with Crippen LogP contribution in [0.1, 0.15) is 43.5 Å². The molecule has 1 atom stereocenters. The number of carbonyl (C=O) groups is 1. The van der Waals surface area contributed by atoms with E-state index >= 15 is 0 Å². The minimum atomic E-state index is -3.48. The Morgan fingerprint density at radius 2 is 1.88 bits per heavy atom. The predicted molar refractivity (Wildman–Crippen MR) is 94.2 cm³/mol. The van der Waals surface area contributed by atoms with Gasteiger partial charge in [-0.2, -0.15) is 0 Å². The molecule has 3 N–H and O–H groups in total. The lowest BCUT2D eigenvalue weighted by molar-refractivity contribution is 0.0789. The summed E-state index contributed by atoms with van der Waals surface area (Å²) in [4.78, 5) is 14.2. The van der Waals surface area contributed by atoms with Crippen LogP contribution in [0, 0.1) is 5.92 Å². The second kappa shape index (κ2) is 7.63. The van der Waals surface area contributed by atoms with Crippen molar-refractivity contribution in [2.75, 3.05) is 13.6 Å². The Bertz CT molecular complexity index is 667. The molecule has 0 saturated heterocycles. The zero-order valence-corrected chi connectivity index (χ0v) is 15.3. The quantitative estimate of drug-likeness (QED) is 0.742. The van der Waals surface area contributed by atoms with Crippen molar-refractivity contribution in [3.63, 3.8) is 0 Å². The van der Waals surface area contributed by atoms with Gasteiger partial charge in [-0.25, -0.2) is 13.1 Å². The van der Waals surface area contributed by atoms with Gasteiger partial charge in [0.1, 0.15) is 0 Å². The summed E-state index contributed by atoms with van der Waals surface area (Å²) in [6.45, 7) is 4.68. The van der Waals surface area contributed by atoms with Crippen LogP contribution in [0.5, 0.6) is 0 Å². The van der Waals surface area contributed by atoms with E-state index in [1.807, 2.05) is 0 Å². The summed E-state index contributed by atoms with van der Waals surface area (Å²) < 4.78 is 26.9. The molecule has 1 fully saturated rings. The molecule has 1 aromatic rings.